The van der Waals surface area contributed by atoms with Crippen molar-refractivity contribution in [2.24, 2.45) is 0 Å². The summed E-state index contributed by atoms with van der Waals surface area (Å²) in [4.78, 5) is 6.52. The summed E-state index contributed by atoms with van der Waals surface area (Å²) in [5, 5.41) is 4.24. The van der Waals surface area contributed by atoms with E-state index in [1.54, 1.807) is 6.20 Å². The lowest BCUT2D eigenvalue weighted by atomic mass is 10.1. The molecule has 3 rings (SSSR count). The van der Waals surface area contributed by atoms with Gasteiger partial charge in [0, 0.05) is 37.4 Å². The number of benzene rings is 1. The molecule has 0 saturated carbocycles. The number of hydrogen-bond donors (Lipinski definition) is 0. The molecule has 2 heterocycles. The molecule has 1 atom stereocenters. The Bertz CT molecular complexity index is 690. The number of hydrogen-bond acceptors (Lipinski definition) is 3. The molecule has 0 amide bonds. The summed E-state index contributed by atoms with van der Waals surface area (Å²) in [6.45, 7) is 3.10. The molecule has 1 aromatic carbocycles. The Balaban J connectivity index is 1.68. The molecule has 4 heteroatoms. The standard InChI is InChI=1S/C18H20N4/c1-15(17-5-3-10-19-13-17)21(2)14-16-6-8-18(9-7-16)22-12-4-11-20-22/h3-13,15H,14H2,1-2H3/t15-/m0/s1. The van der Waals surface area contributed by atoms with Gasteiger partial charge in [0.15, 0.2) is 0 Å². The lowest BCUT2D eigenvalue weighted by Gasteiger charge is -2.25. The fraction of sp³-hybridized carbons (Fsp3) is 0.222. The van der Waals surface area contributed by atoms with Gasteiger partial charge in [-0.3, -0.25) is 9.88 Å². The van der Waals surface area contributed by atoms with E-state index in [2.05, 4.69) is 59.3 Å². The highest BCUT2D eigenvalue weighted by Crippen LogP contribution is 2.20. The molecule has 2 aromatic heterocycles. The maximum atomic E-state index is 4.24. The summed E-state index contributed by atoms with van der Waals surface area (Å²) >= 11 is 0. The second kappa shape index (κ2) is 6.54. The van der Waals surface area contributed by atoms with Crippen LogP contribution in [-0.2, 0) is 6.54 Å². The highest BCUT2D eigenvalue weighted by atomic mass is 15.3. The normalized spacial score (nSPS) is 12.5. The largest absolute Gasteiger partial charge is 0.295 e. The van der Waals surface area contributed by atoms with Crippen LogP contribution >= 0.6 is 0 Å². The summed E-state index contributed by atoms with van der Waals surface area (Å²) < 4.78 is 1.87. The van der Waals surface area contributed by atoms with Gasteiger partial charge in [0.25, 0.3) is 0 Å². The van der Waals surface area contributed by atoms with Crippen LogP contribution < -0.4 is 0 Å². The summed E-state index contributed by atoms with van der Waals surface area (Å²) in [5.74, 6) is 0. The number of pyridine rings is 1. The predicted octanol–water partition coefficient (Wildman–Crippen LogP) is 3.46. The van der Waals surface area contributed by atoms with Crippen LogP contribution in [0.1, 0.15) is 24.1 Å². The predicted molar refractivity (Wildman–Crippen MR) is 87.7 cm³/mol. The number of rotatable bonds is 5. The average molecular weight is 292 g/mol. The molecule has 0 aliphatic rings. The molecule has 0 radical (unpaired) electrons. The van der Waals surface area contributed by atoms with Gasteiger partial charge in [0.1, 0.15) is 0 Å². The van der Waals surface area contributed by atoms with Crippen LogP contribution in [0.4, 0.5) is 0 Å². The molecule has 0 unspecified atom stereocenters. The smallest absolute Gasteiger partial charge is 0.0645 e. The fourth-order valence-electron chi connectivity index (χ4n) is 2.48. The topological polar surface area (TPSA) is 34.0 Å². The third-order valence-electron chi connectivity index (χ3n) is 3.97. The second-order valence-corrected chi connectivity index (χ2v) is 5.49. The maximum absolute atomic E-state index is 4.24. The highest BCUT2D eigenvalue weighted by molar-refractivity contribution is 5.33. The molecule has 112 valence electrons. The van der Waals surface area contributed by atoms with Gasteiger partial charge >= 0.3 is 0 Å². The molecule has 22 heavy (non-hydrogen) atoms. The summed E-state index contributed by atoms with van der Waals surface area (Å²) in [6.07, 6.45) is 7.48. The maximum Gasteiger partial charge on any atom is 0.0645 e. The summed E-state index contributed by atoms with van der Waals surface area (Å²) in [5.41, 5.74) is 3.60. The van der Waals surface area contributed by atoms with Gasteiger partial charge in [-0.25, -0.2) is 4.68 Å². The van der Waals surface area contributed by atoms with Crippen LogP contribution in [0.5, 0.6) is 0 Å². The van der Waals surface area contributed by atoms with Crippen LogP contribution in [-0.4, -0.2) is 26.7 Å². The first-order chi connectivity index (χ1) is 10.7. The van der Waals surface area contributed by atoms with Gasteiger partial charge in [-0.15, -0.1) is 0 Å². The Hall–Kier alpha value is -2.46. The average Bonchev–Trinajstić information content (AvgIpc) is 3.10. The Labute approximate surface area is 131 Å². The molecule has 0 aliphatic heterocycles. The first kappa shape index (κ1) is 14.5. The third-order valence-corrected chi connectivity index (χ3v) is 3.97. The molecular formula is C18H20N4. The SMILES string of the molecule is C[C@@H](c1cccnc1)N(C)Cc1ccc(-n2cccn2)cc1. The molecule has 0 aliphatic carbocycles. The van der Waals surface area contributed by atoms with E-state index in [4.69, 9.17) is 0 Å². The number of nitrogens with zero attached hydrogens (tertiary/aromatic N) is 4. The van der Waals surface area contributed by atoms with Crippen molar-refractivity contribution in [1.82, 2.24) is 19.7 Å². The van der Waals surface area contributed by atoms with Gasteiger partial charge in [0.2, 0.25) is 0 Å². The van der Waals surface area contributed by atoms with Crippen LogP contribution in [0, 0.1) is 0 Å². The van der Waals surface area contributed by atoms with Gasteiger partial charge in [-0.1, -0.05) is 18.2 Å². The summed E-state index contributed by atoms with van der Waals surface area (Å²) in [6, 6.07) is 14.9. The minimum absolute atomic E-state index is 0.333. The minimum Gasteiger partial charge on any atom is -0.295 e. The minimum atomic E-state index is 0.333. The van der Waals surface area contributed by atoms with Crippen molar-refractivity contribution in [3.8, 4) is 5.69 Å². The monoisotopic (exact) mass is 292 g/mol. The fourth-order valence-corrected chi connectivity index (χ4v) is 2.48. The second-order valence-electron chi connectivity index (χ2n) is 5.49. The zero-order valence-corrected chi connectivity index (χ0v) is 12.9. The molecule has 0 saturated heterocycles. The van der Waals surface area contributed by atoms with E-state index in [0.717, 1.165) is 12.2 Å². The van der Waals surface area contributed by atoms with E-state index < -0.39 is 0 Å². The Morgan fingerprint density at radius 2 is 1.91 bits per heavy atom. The van der Waals surface area contributed by atoms with E-state index in [1.165, 1.54) is 11.1 Å². The molecular weight excluding hydrogens is 272 g/mol. The lowest BCUT2D eigenvalue weighted by Crippen LogP contribution is -2.22. The van der Waals surface area contributed by atoms with Gasteiger partial charge in [0.05, 0.1) is 5.69 Å². The van der Waals surface area contributed by atoms with E-state index in [1.807, 2.05) is 35.4 Å². The van der Waals surface area contributed by atoms with Crippen molar-refractivity contribution in [2.45, 2.75) is 19.5 Å². The quantitative estimate of drug-likeness (QED) is 0.722. The van der Waals surface area contributed by atoms with Crippen molar-refractivity contribution in [1.29, 1.82) is 0 Å². The van der Waals surface area contributed by atoms with E-state index in [9.17, 15) is 0 Å². The molecule has 4 nitrogen and oxygen atoms in total. The number of aromatic nitrogens is 3. The van der Waals surface area contributed by atoms with Gasteiger partial charge < -0.3 is 0 Å². The van der Waals surface area contributed by atoms with E-state index >= 15 is 0 Å². The first-order valence-corrected chi connectivity index (χ1v) is 7.43. The molecule has 3 aromatic rings. The lowest BCUT2D eigenvalue weighted by molar-refractivity contribution is 0.252. The Morgan fingerprint density at radius 1 is 1.09 bits per heavy atom. The molecule has 0 fully saturated rings. The van der Waals surface area contributed by atoms with Crippen molar-refractivity contribution in [3.63, 3.8) is 0 Å². The Kier molecular flexibility index (Phi) is 4.30. The highest BCUT2D eigenvalue weighted by Gasteiger charge is 2.12. The molecule has 0 spiro atoms. The van der Waals surface area contributed by atoms with Crippen LogP contribution in [0.3, 0.4) is 0 Å². The van der Waals surface area contributed by atoms with Crippen molar-refractivity contribution >= 4 is 0 Å². The van der Waals surface area contributed by atoms with Crippen LogP contribution in [0.15, 0.2) is 67.3 Å². The first-order valence-electron chi connectivity index (χ1n) is 7.43. The third kappa shape index (κ3) is 3.23. The zero-order chi connectivity index (χ0) is 15.4. The van der Waals surface area contributed by atoms with E-state index in [-0.39, 0.29) is 0 Å². The Morgan fingerprint density at radius 3 is 2.55 bits per heavy atom. The van der Waals surface area contributed by atoms with Crippen molar-refractivity contribution < 1.29 is 0 Å². The van der Waals surface area contributed by atoms with Gasteiger partial charge in [-0.2, -0.15) is 5.10 Å². The van der Waals surface area contributed by atoms with Gasteiger partial charge in [-0.05, 0) is 49.4 Å². The van der Waals surface area contributed by atoms with E-state index in [0.29, 0.717) is 6.04 Å². The van der Waals surface area contributed by atoms with Crippen LogP contribution in [0.25, 0.3) is 5.69 Å². The molecule has 0 N–H and O–H groups in total. The summed E-state index contributed by atoms with van der Waals surface area (Å²) in [7, 11) is 2.14. The van der Waals surface area contributed by atoms with Crippen molar-refractivity contribution in [2.75, 3.05) is 7.05 Å². The van der Waals surface area contributed by atoms with Crippen molar-refractivity contribution in [3.05, 3.63) is 78.4 Å². The molecule has 0 bridgehead atoms. The zero-order valence-electron chi connectivity index (χ0n) is 12.9. The van der Waals surface area contributed by atoms with Crippen LogP contribution in [0.2, 0.25) is 0 Å².